The van der Waals surface area contributed by atoms with E-state index in [2.05, 4.69) is 116 Å². The normalized spacial score (nSPS) is 11.4. The average molecular weight is 427 g/mol. The van der Waals surface area contributed by atoms with E-state index in [1.165, 1.54) is 60.1 Å². The SMILES string of the molecule is Cc1ccccc1-c1c(S)cccc1-c1ccc2c3ccccc3c3ccccc3c2c1. The van der Waals surface area contributed by atoms with Crippen LogP contribution < -0.4 is 0 Å². The third-order valence-corrected chi connectivity index (χ3v) is 6.88. The minimum absolute atomic E-state index is 1.00. The summed E-state index contributed by atoms with van der Waals surface area (Å²) >= 11 is 4.86. The van der Waals surface area contributed by atoms with Gasteiger partial charge in [-0.15, -0.1) is 12.6 Å². The van der Waals surface area contributed by atoms with Crippen molar-refractivity contribution >= 4 is 44.9 Å². The smallest absolute Gasteiger partial charge is 0.0125 e. The predicted molar refractivity (Wildman–Crippen MR) is 142 cm³/mol. The molecule has 0 aliphatic carbocycles. The van der Waals surface area contributed by atoms with Gasteiger partial charge in [-0.2, -0.15) is 0 Å². The van der Waals surface area contributed by atoms with Crippen LogP contribution in [0.2, 0.25) is 0 Å². The van der Waals surface area contributed by atoms with Crippen molar-refractivity contribution in [3.8, 4) is 22.3 Å². The van der Waals surface area contributed by atoms with Gasteiger partial charge in [0.25, 0.3) is 0 Å². The lowest BCUT2D eigenvalue weighted by atomic mass is 9.89. The van der Waals surface area contributed by atoms with Crippen LogP contribution in [0.1, 0.15) is 5.56 Å². The van der Waals surface area contributed by atoms with Crippen LogP contribution in [0.5, 0.6) is 0 Å². The van der Waals surface area contributed by atoms with Crippen LogP contribution in [-0.4, -0.2) is 0 Å². The Bertz CT molecular complexity index is 1610. The van der Waals surface area contributed by atoms with Crippen LogP contribution >= 0.6 is 12.6 Å². The number of benzene rings is 6. The van der Waals surface area contributed by atoms with Crippen LogP contribution in [0.25, 0.3) is 54.6 Å². The molecule has 1 heteroatoms. The van der Waals surface area contributed by atoms with Crippen LogP contribution in [0.15, 0.2) is 114 Å². The Balaban J connectivity index is 1.70. The van der Waals surface area contributed by atoms with Gasteiger partial charge in [-0.3, -0.25) is 0 Å². The standard InChI is InChI=1S/C31H22S/c1-20-9-2-3-10-22(20)31-23(15-8-16-30(31)32)21-17-18-28-26-13-5-4-11-24(26)25-12-6-7-14-27(25)29(28)19-21/h2-19,32H,1H3. The van der Waals surface area contributed by atoms with Gasteiger partial charge in [0.15, 0.2) is 0 Å². The molecule has 0 aliphatic rings. The summed E-state index contributed by atoms with van der Waals surface area (Å²) in [4.78, 5) is 1.00. The molecule has 0 N–H and O–H groups in total. The molecule has 152 valence electrons. The summed E-state index contributed by atoms with van der Waals surface area (Å²) in [5.41, 5.74) is 6.11. The minimum Gasteiger partial charge on any atom is -0.143 e. The van der Waals surface area contributed by atoms with Gasteiger partial charge >= 0.3 is 0 Å². The molecule has 0 saturated heterocycles. The summed E-state index contributed by atoms with van der Waals surface area (Å²) in [6, 6.07) is 39.3. The number of rotatable bonds is 2. The topological polar surface area (TPSA) is 0 Å². The number of hydrogen-bond donors (Lipinski definition) is 1. The number of thiol groups is 1. The Morgan fingerprint density at radius 2 is 1.00 bits per heavy atom. The van der Waals surface area contributed by atoms with Gasteiger partial charge < -0.3 is 0 Å². The van der Waals surface area contributed by atoms with Crippen LogP contribution in [0.4, 0.5) is 0 Å². The van der Waals surface area contributed by atoms with Gasteiger partial charge in [-0.1, -0.05) is 97.1 Å². The number of aryl methyl sites for hydroxylation is 1. The molecular weight excluding hydrogens is 404 g/mol. The van der Waals surface area contributed by atoms with Gasteiger partial charge in [0.2, 0.25) is 0 Å². The quantitative estimate of drug-likeness (QED) is 0.207. The molecule has 0 unspecified atom stereocenters. The molecule has 0 radical (unpaired) electrons. The molecule has 0 bridgehead atoms. The van der Waals surface area contributed by atoms with E-state index >= 15 is 0 Å². The van der Waals surface area contributed by atoms with Gasteiger partial charge in [-0.25, -0.2) is 0 Å². The number of hydrogen-bond acceptors (Lipinski definition) is 1. The molecule has 0 nitrogen and oxygen atoms in total. The van der Waals surface area contributed by atoms with E-state index in [-0.39, 0.29) is 0 Å². The third-order valence-electron chi connectivity index (χ3n) is 6.51. The van der Waals surface area contributed by atoms with Crippen LogP contribution in [0, 0.1) is 6.92 Å². The lowest BCUT2D eigenvalue weighted by Crippen LogP contribution is -1.91. The maximum absolute atomic E-state index is 4.86. The molecule has 0 aromatic heterocycles. The van der Waals surface area contributed by atoms with Crippen molar-refractivity contribution in [2.75, 3.05) is 0 Å². The average Bonchev–Trinajstić information content (AvgIpc) is 2.84. The lowest BCUT2D eigenvalue weighted by Gasteiger charge is -2.16. The van der Waals surface area contributed by atoms with E-state index < -0.39 is 0 Å². The van der Waals surface area contributed by atoms with Gasteiger partial charge in [0.1, 0.15) is 0 Å². The predicted octanol–water partition coefficient (Wildman–Crippen LogP) is 9.08. The molecule has 0 saturated carbocycles. The van der Waals surface area contributed by atoms with E-state index in [0.29, 0.717) is 0 Å². The van der Waals surface area contributed by atoms with Crippen molar-refractivity contribution in [2.24, 2.45) is 0 Å². The van der Waals surface area contributed by atoms with Crippen LogP contribution in [0.3, 0.4) is 0 Å². The molecular formula is C31H22S. The molecule has 0 atom stereocenters. The van der Waals surface area contributed by atoms with E-state index in [1.807, 2.05) is 0 Å². The summed E-state index contributed by atoms with van der Waals surface area (Å²) in [6.07, 6.45) is 0. The minimum atomic E-state index is 1.00. The van der Waals surface area contributed by atoms with E-state index in [9.17, 15) is 0 Å². The fraction of sp³-hybridized carbons (Fsp3) is 0.0323. The van der Waals surface area contributed by atoms with E-state index in [1.54, 1.807) is 0 Å². The second kappa shape index (κ2) is 7.55. The number of fused-ring (bicyclic) bond motifs is 6. The second-order valence-corrected chi connectivity index (χ2v) is 8.85. The van der Waals surface area contributed by atoms with Gasteiger partial charge in [0.05, 0.1) is 0 Å². The fourth-order valence-electron chi connectivity index (χ4n) is 4.99. The molecule has 0 fully saturated rings. The highest BCUT2D eigenvalue weighted by Gasteiger charge is 2.14. The molecule has 0 spiro atoms. The van der Waals surface area contributed by atoms with Gasteiger partial charge in [0, 0.05) is 10.5 Å². The first-order chi connectivity index (χ1) is 15.7. The first kappa shape index (κ1) is 19.2. The molecule has 6 aromatic rings. The summed E-state index contributed by atoms with van der Waals surface area (Å²) < 4.78 is 0. The Morgan fingerprint density at radius 3 is 1.66 bits per heavy atom. The van der Waals surface area contributed by atoms with Crippen molar-refractivity contribution in [3.05, 3.63) is 115 Å². The fourth-order valence-corrected chi connectivity index (χ4v) is 5.32. The summed E-state index contributed by atoms with van der Waals surface area (Å²) in [5, 5.41) is 7.79. The maximum Gasteiger partial charge on any atom is 0.0125 e. The van der Waals surface area contributed by atoms with Crippen molar-refractivity contribution in [1.82, 2.24) is 0 Å². The third kappa shape index (κ3) is 2.93. The molecule has 32 heavy (non-hydrogen) atoms. The molecule has 6 rings (SSSR count). The Morgan fingerprint density at radius 1 is 0.469 bits per heavy atom. The van der Waals surface area contributed by atoms with E-state index in [4.69, 9.17) is 12.6 Å². The maximum atomic E-state index is 4.86. The van der Waals surface area contributed by atoms with Gasteiger partial charge in [-0.05, 0) is 73.6 Å². The highest BCUT2D eigenvalue weighted by molar-refractivity contribution is 7.80. The van der Waals surface area contributed by atoms with Crippen molar-refractivity contribution < 1.29 is 0 Å². The second-order valence-electron chi connectivity index (χ2n) is 8.37. The summed E-state index contributed by atoms with van der Waals surface area (Å²) in [7, 11) is 0. The first-order valence-corrected chi connectivity index (χ1v) is 11.4. The van der Waals surface area contributed by atoms with Crippen molar-refractivity contribution in [2.45, 2.75) is 11.8 Å². The zero-order valence-corrected chi connectivity index (χ0v) is 18.7. The zero-order chi connectivity index (χ0) is 21.7. The largest absolute Gasteiger partial charge is 0.143 e. The van der Waals surface area contributed by atoms with Crippen molar-refractivity contribution in [1.29, 1.82) is 0 Å². The Labute approximate surface area is 193 Å². The van der Waals surface area contributed by atoms with Crippen molar-refractivity contribution in [3.63, 3.8) is 0 Å². The zero-order valence-electron chi connectivity index (χ0n) is 17.8. The highest BCUT2D eigenvalue weighted by atomic mass is 32.1. The molecule has 6 aromatic carbocycles. The molecule has 0 heterocycles. The van der Waals surface area contributed by atoms with Crippen LogP contribution in [-0.2, 0) is 0 Å². The highest BCUT2D eigenvalue weighted by Crippen LogP contribution is 2.41. The summed E-state index contributed by atoms with van der Waals surface area (Å²) in [6.45, 7) is 2.17. The summed E-state index contributed by atoms with van der Waals surface area (Å²) in [5.74, 6) is 0. The monoisotopic (exact) mass is 426 g/mol. The van der Waals surface area contributed by atoms with E-state index in [0.717, 1.165) is 4.90 Å². The first-order valence-electron chi connectivity index (χ1n) is 10.9. The molecule has 0 aliphatic heterocycles. The lowest BCUT2D eigenvalue weighted by molar-refractivity contribution is 1.40. The Hall–Kier alpha value is -3.55. The molecule has 0 amide bonds. The Kier molecular flexibility index (Phi) is 4.52.